The molecule has 0 aliphatic rings. The summed E-state index contributed by atoms with van der Waals surface area (Å²) in [6, 6.07) is 7.95. The minimum absolute atomic E-state index is 0.851. The maximum absolute atomic E-state index is 6.00. The Balaban J connectivity index is 2.32. The van der Waals surface area contributed by atoms with Crippen LogP contribution in [0.15, 0.2) is 29.2 Å². The number of hydrogen-bond acceptors (Lipinski definition) is 2. The average molecular weight is 216 g/mol. The van der Waals surface area contributed by atoms with Crippen molar-refractivity contribution in [2.45, 2.75) is 11.8 Å². The molecule has 0 bridgehead atoms. The molecular formula is C10H14ClNS. The summed E-state index contributed by atoms with van der Waals surface area (Å²) in [4.78, 5) is 1.17. The zero-order valence-electron chi connectivity index (χ0n) is 7.72. The molecule has 0 aliphatic heterocycles. The second kappa shape index (κ2) is 6.30. The number of nitrogens with one attached hydrogen (secondary N) is 1. The van der Waals surface area contributed by atoms with Crippen molar-refractivity contribution < 1.29 is 0 Å². The number of halogens is 1. The fraction of sp³-hybridized carbons (Fsp3) is 0.400. The summed E-state index contributed by atoms with van der Waals surface area (Å²) < 4.78 is 0. The molecule has 0 heterocycles. The number of rotatable bonds is 5. The first kappa shape index (κ1) is 10.9. The Hall–Kier alpha value is -0.180. The van der Waals surface area contributed by atoms with E-state index in [1.807, 2.05) is 18.2 Å². The third-order valence-electron chi connectivity index (χ3n) is 1.62. The molecule has 1 aromatic rings. The van der Waals surface area contributed by atoms with Crippen molar-refractivity contribution in [3.63, 3.8) is 0 Å². The number of thioether (sulfide) groups is 1. The van der Waals surface area contributed by atoms with Crippen molar-refractivity contribution in [1.82, 2.24) is 5.32 Å². The number of benzene rings is 1. The van der Waals surface area contributed by atoms with Gasteiger partial charge in [0.1, 0.15) is 0 Å². The molecule has 72 valence electrons. The van der Waals surface area contributed by atoms with Gasteiger partial charge in [-0.05, 0) is 18.7 Å². The summed E-state index contributed by atoms with van der Waals surface area (Å²) in [5, 5.41) is 4.12. The lowest BCUT2D eigenvalue weighted by Crippen LogP contribution is -2.15. The first-order valence-electron chi connectivity index (χ1n) is 4.42. The van der Waals surface area contributed by atoms with Gasteiger partial charge in [0.2, 0.25) is 0 Å². The van der Waals surface area contributed by atoms with Crippen LogP contribution in [-0.4, -0.2) is 18.8 Å². The van der Waals surface area contributed by atoms with Gasteiger partial charge in [-0.3, -0.25) is 0 Å². The third-order valence-corrected chi connectivity index (χ3v) is 3.14. The van der Waals surface area contributed by atoms with Crippen molar-refractivity contribution in [2.75, 3.05) is 18.8 Å². The molecule has 0 amide bonds. The van der Waals surface area contributed by atoms with Gasteiger partial charge in [0, 0.05) is 17.2 Å². The molecule has 0 unspecified atom stereocenters. The van der Waals surface area contributed by atoms with Crippen molar-refractivity contribution in [3.05, 3.63) is 29.3 Å². The zero-order valence-corrected chi connectivity index (χ0v) is 9.29. The molecule has 0 saturated heterocycles. The van der Waals surface area contributed by atoms with Gasteiger partial charge >= 0.3 is 0 Å². The third kappa shape index (κ3) is 4.03. The second-order valence-electron chi connectivity index (χ2n) is 2.63. The highest BCUT2D eigenvalue weighted by molar-refractivity contribution is 7.99. The Morgan fingerprint density at radius 3 is 2.85 bits per heavy atom. The number of hydrogen-bond donors (Lipinski definition) is 1. The largest absolute Gasteiger partial charge is 0.316 e. The van der Waals surface area contributed by atoms with Crippen molar-refractivity contribution in [2.24, 2.45) is 0 Å². The lowest BCUT2D eigenvalue weighted by Gasteiger charge is -2.03. The predicted octanol–water partition coefficient (Wildman–Crippen LogP) is 3.04. The molecule has 0 fully saturated rings. The Morgan fingerprint density at radius 1 is 1.38 bits per heavy atom. The molecule has 0 aromatic heterocycles. The SMILES string of the molecule is CCNCCSc1ccccc1Cl. The molecule has 0 radical (unpaired) electrons. The second-order valence-corrected chi connectivity index (χ2v) is 4.18. The van der Waals surface area contributed by atoms with Crippen LogP contribution in [0, 0.1) is 0 Å². The summed E-state index contributed by atoms with van der Waals surface area (Å²) in [6.07, 6.45) is 0. The van der Waals surface area contributed by atoms with Gasteiger partial charge in [-0.25, -0.2) is 0 Å². The summed E-state index contributed by atoms with van der Waals surface area (Å²) in [6.45, 7) is 4.18. The summed E-state index contributed by atoms with van der Waals surface area (Å²) in [5.74, 6) is 1.07. The van der Waals surface area contributed by atoms with Crippen molar-refractivity contribution in [3.8, 4) is 0 Å². The smallest absolute Gasteiger partial charge is 0.0541 e. The van der Waals surface area contributed by atoms with E-state index < -0.39 is 0 Å². The van der Waals surface area contributed by atoms with E-state index in [0.29, 0.717) is 0 Å². The molecule has 1 aromatic carbocycles. The maximum Gasteiger partial charge on any atom is 0.0541 e. The van der Waals surface area contributed by atoms with Crippen LogP contribution in [0.3, 0.4) is 0 Å². The van der Waals surface area contributed by atoms with Crippen LogP contribution in [0.2, 0.25) is 5.02 Å². The molecule has 1 nitrogen and oxygen atoms in total. The van der Waals surface area contributed by atoms with E-state index in [0.717, 1.165) is 23.9 Å². The molecule has 0 aliphatic carbocycles. The quantitative estimate of drug-likeness (QED) is 0.599. The molecule has 0 atom stereocenters. The van der Waals surface area contributed by atoms with Gasteiger partial charge in [-0.15, -0.1) is 11.8 Å². The fourth-order valence-electron chi connectivity index (χ4n) is 0.972. The lowest BCUT2D eigenvalue weighted by molar-refractivity contribution is 0.768. The summed E-state index contributed by atoms with van der Waals surface area (Å²) in [7, 11) is 0. The highest BCUT2D eigenvalue weighted by Crippen LogP contribution is 2.25. The van der Waals surface area contributed by atoms with Gasteiger partial charge in [0.05, 0.1) is 5.02 Å². The van der Waals surface area contributed by atoms with Crippen LogP contribution in [0.1, 0.15) is 6.92 Å². The molecule has 3 heteroatoms. The first-order valence-corrected chi connectivity index (χ1v) is 5.79. The first-order chi connectivity index (χ1) is 6.34. The Bertz CT molecular complexity index is 252. The predicted molar refractivity (Wildman–Crippen MR) is 60.7 cm³/mol. The summed E-state index contributed by atoms with van der Waals surface area (Å²) in [5.41, 5.74) is 0. The van der Waals surface area contributed by atoms with Crippen LogP contribution in [-0.2, 0) is 0 Å². The van der Waals surface area contributed by atoms with Gasteiger partial charge in [0.25, 0.3) is 0 Å². The van der Waals surface area contributed by atoms with Crippen LogP contribution < -0.4 is 5.32 Å². The zero-order chi connectivity index (χ0) is 9.52. The van der Waals surface area contributed by atoms with Crippen LogP contribution in [0.25, 0.3) is 0 Å². The van der Waals surface area contributed by atoms with E-state index in [4.69, 9.17) is 11.6 Å². The molecular weight excluding hydrogens is 202 g/mol. The maximum atomic E-state index is 6.00. The van der Waals surface area contributed by atoms with E-state index in [1.54, 1.807) is 11.8 Å². The van der Waals surface area contributed by atoms with Gasteiger partial charge in [-0.2, -0.15) is 0 Å². The minimum atomic E-state index is 0.851. The Morgan fingerprint density at radius 2 is 2.15 bits per heavy atom. The monoisotopic (exact) mass is 215 g/mol. The molecule has 0 spiro atoms. The molecule has 0 saturated carbocycles. The van der Waals surface area contributed by atoms with Gasteiger partial charge in [-0.1, -0.05) is 30.7 Å². The van der Waals surface area contributed by atoms with Crippen LogP contribution in [0.4, 0.5) is 0 Å². The highest BCUT2D eigenvalue weighted by atomic mass is 35.5. The molecule has 1 rings (SSSR count). The normalized spacial score (nSPS) is 10.3. The van der Waals surface area contributed by atoms with Crippen LogP contribution >= 0.6 is 23.4 Å². The van der Waals surface area contributed by atoms with Crippen molar-refractivity contribution in [1.29, 1.82) is 0 Å². The van der Waals surface area contributed by atoms with E-state index in [-0.39, 0.29) is 0 Å². The van der Waals surface area contributed by atoms with Gasteiger partial charge in [0.15, 0.2) is 0 Å². The molecule has 1 N–H and O–H groups in total. The van der Waals surface area contributed by atoms with Crippen LogP contribution in [0.5, 0.6) is 0 Å². The van der Waals surface area contributed by atoms with E-state index in [2.05, 4.69) is 18.3 Å². The van der Waals surface area contributed by atoms with E-state index in [1.165, 1.54) is 4.90 Å². The fourth-order valence-corrected chi connectivity index (χ4v) is 2.12. The minimum Gasteiger partial charge on any atom is -0.316 e. The Kier molecular flexibility index (Phi) is 5.28. The van der Waals surface area contributed by atoms with Gasteiger partial charge < -0.3 is 5.32 Å². The average Bonchev–Trinajstić information content (AvgIpc) is 2.15. The van der Waals surface area contributed by atoms with Crippen molar-refractivity contribution >= 4 is 23.4 Å². The molecule has 13 heavy (non-hydrogen) atoms. The summed E-state index contributed by atoms with van der Waals surface area (Å²) >= 11 is 7.79. The Labute approximate surface area is 88.9 Å². The highest BCUT2D eigenvalue weighted by Gasteiger charge is 1.97. The topological polar surface area (TPSA) is 12.0 Å². The van der Waals surface area contributed by atoms with E-state index >= 15 is 0 Å². The standard InChI is InChI=1S/C10H14ClNS/c1-2-12-7-8-13-10-6-4-3-5-9(10)11/h3-6,12H,2,7-8H2,1H3. The lowest BCUT2D eigenvalue weighted by atomic mass is 10.4. The van der Waals surface area contributed by atoms with E-state index in [9.17, 15) is 0 Å².